The molecule has 0 aliphatic carbocycles. The number of aliphatic carboxylic acids is 1. The van der Waals surface area contributed by atoms with Crippen LogP contribution in [0, 0.1) is 0 Å². The Morgan fingerprint density at radius 3 is 2.58 bits per heavy atom. The molecule has 5 nitrogen and oxygen atoms in total. The molecule has 104 valence electrons. The van der Waals surface area contributed by atoms with Crippen molar-refractivity contribution in [3.63, 3.8) is 0 Å². The predicted octanol–water partition coefficient (Wildman–Crippen LogP) is 1.09. The van der Waals surface area contributed by atoms with Crippen LogP contribution in [0.15, 0.2) is 24.3 Å². The SMILES string of the molecule is O=C(O)CCNCc1ccc(N2CCOCC2)cc1. The third-order valence-electron chi connectivity index (χ3n) is 3.16. The van der Waals surface area contributed by atoms with Gasteiger partial charge in [0.1, 0.15) is 0 Å². The highest BCUT2D eigenvalue weighted by Crippen LogP contribution is 2.16. The topological polar surface area (TPSA) is 61.8 Å². The molecule has 2 rings (SSSR count). The zero-order valence-electron chi connectivity index (χ0n) is 11.0. The lowest BCUT2D eigenvalue weighted by atomic mass is 10.2. The molecule has 5 heteroatoms. The second kappa shape index (κ2) is 7.11. The third kappa shape index (κ3) is 4.54. The monoisotopic (exact) mass is 264 g/mol. The van der Waals surface area contributed by atoms with Gasteiger partial charge in [0, 0.05) is 31.9 Å². The summed E-state index contributed by atoms with van der Waals surface area (Å²) in [6, 6.07) is 8.39. The number of benzene rings is 1. The van der Waals surface area contributed by atoms with Gasteiger partial charge in [0.25, 0.3) is 0 Å². The number of ether oxygens (including phenoxy) is 1. The summed E-state index contributed by atoms with van der Waals surface area (Å²) in [6.07, 6.45) is 0.159. The minimum atomic E-state index is -0.768. The zero-order chi connectivity index (χ0) is 13.5. The van der Waals surface area contributed by atoms with E-state index in [0.717, 1.165) is 26.3 Å². The molecule has 2 N–H and O–H groups in total. The summed E-state index contributed by atoms with van der Waals surface area (Å²) in [7, 11) is 0. The molecular formula is C14H20N2O3. The summed E-state index contributed by atoms with van der Waals surface area (Å²) < 4.78 is 5.33. The number of carboxylic acid groups (broad SMARTS) is 1. The van der Waals surface area contributed by atoms with Crippen molar-refractivity contribution in [1.29, 1.82) is 0 Å². The maximum absolute atomic E-state index is 10.4. The van der Waals surface area contributed by atoms with Crippen LogP contribution in [-0.4, -0.2) is 43.9 Å². The first-order valence-electron chi connectivity index (χ1n) is 6.60. The van der Waals surface area contributed by atoms with Crippen molar-refractivity contribution < 1.29 is 14.6 Å². The van der Waals surface area contributed by atoms with Crippen molar-refractivity contribution in [2.75, 3.05) is 37.7 Å². The van der Waals surface area contributed by atoms with Crippen molar-refractivity contribution >= 4 is 11.7 Å². The molecule has 1 aromatic carbocycles. The largest absolute Gasteiger partial charge is 0.481 e. The Bertz CT molecular complexity index is 400. The van der Waals surface area contributed by atoms with Gasteiger partial charge in [-0.3, -0.25) is 4.79 Å². The molecule has 1 aliphatic rings. The summed E-state index contributed by atoms with van der Waals surface area (Å²) in [5.41, 5.74) is 2.39. The number of hydrogen-bond acceptors (Lipinski definition) is 4. The van der Waals surface area contributed by atoms with E-state index in [9.17, 15) is 4.79 Å². The summed E-state index contributed by atoms with van der Waals surface area (Å²) in [5, 5.41) is 11.7. The van der Waals surface area contributed by atoms with Gasteiger partial charge >= 0.3 is 5.97 Å². The molecule has 0 aromatic heterocycles. The Balaban J connectivity index is 1.79. The average Bonchev–Trinajstić information content (AvgIpc) is 2.45. The highest BCUT2D eigenvalue weighted by Gasteiger charge is 2.10. The summed E-state index contributed by atoms with van der Waals surface area (Å²) in [6.45, 7) is 4.67. The number of rotatable bonds is 6. The first-order valence-corrected chi connectivity index (χ1v) is 6.60. The van der Waals surface area contributed by atoms with Gasteiger partial charge < -0.3 is 20.1 Å². The zero-order valence-corrected chi connectivity index (χ0v) is 11.0. The second-order valence-electron chi connectivity index (χ2n) is 4.59. The maximum atomic E-state index is 10.4. The normalized spacial score (nSPS) is 15.5. The quantitative estimate of drug-likeness (QED) is 0.753. The van der Waals surface area contributed by atoms with E-state index in [0.29, 0.717) is 13.1 Å². The fourth-order valence-electron chi connectivity index (χ4n) is 2.07. The Kier molecular flexibility index (Phi) is 5.18. The lowest BCUT2D eigenvalue weighted by Crippen LogP contribution is -2.36. The molecule has 0 spiro atoms. The minimum Gasteiger partial charge on any atom is -0.481 e. The number of nitrogens with zero attached hydrogens (tertiary/aromatic N) is 1. The number of hydrogen-bond donors (Lipinski definition) is 2. The van der Waals surface area contributed by atoms with E-state index >= 15 is 0 Å². The summed E-state index contributed by atoms with van der Waals surface area (Å²) in [5.74, 6) is -0.768. The van der Waals surface area contributed by atoms with Crippen LogP contribution in [0.2, 0.25) is 0 Å². The van der Waals surface area contributed by atoms with Crippen LogP contribution in [-0.2, 0) is 16.1 Å². The summed E-state index contributed by atoms with van der Waals surface area (Å²) >= 11 is 0. The number of nitrogens with one attached hydrogen (secondary N) is 1. The van der Waals surface area contributed by atoms with Crippen molar-refractivity contribution in [2.45, 2.75) is 13.0 Å². The van der Waals surface area contributed by atoms with Crippen molar-refractivity contribution in [2.24, 2.45) is 0 Å². The van der Waals surface area contributed by atoms with Crippen molar-refractivity contribution in [3.05, 3.63) is 29.8 Å². The van der Waals surface area contributed by atoms with Gasteiger partial charge in [-0.25, -0.2) is 0 Å². The molecule has 1 heterocycles. The van der Waals surface area contributed by atoms with Gasteiger partial charge in [-0.2, -0.15) is 0 Å². The van der Waals surface area contributed by atoms with E-state index in [-0.39, 0.29) is 6.42 Å². The smallest absolute Gasteiger partial charge is 0.304 e. The maximum Gasteiger partial charge on any atom is 0.304 e. The fraction of sp³-hybridized carbons (Fsp3) is 0.500. The molecule has 1 fully saturated rings. The van der Waals surface area contributed by atoms with E-state index in [1.54, 1.807) is 0 Å². The molecule has 1 saturated heterocycles. The van der Waals surface area contributed by atoms with Gasteiger partial charge in [-0.15, -0.1) is 0 Å². The first kappa shape index (κ1) is 13.8. The van der Waals surface area contributed by atoms with Crippen LogP contribution in [0.5, 0.6) is 0 Å². The van der Waals surface area contributed by atoms with Gasteiger partial charge in [0.2, 0.25) is 0 Å². The molecule has 0 saturated carbocycles. The van der Waals surface area contributed by atoms with E-state index in [1.807, 2.05) is 0 Å². The van der Waals surface area contributed by atoms with E-state index in [2.05, 4.69) is 34.5 Å². The van der Waals surface area contributed by atoms with Crippen molar-refractivity contribution in [3.8, 4) is 0 Å². The van der Waals surface area contributed by atoms with E-state index < -0.39 is 5.97 Å². The van der Waals surface area contributed by atoms with Crippen molar-refractivity contribution in [1.82, 2.24) is 5.32 Å². The van der Waals surface area contributed by atoms with Crippen LogP contribution >= 0.6 is 0 Å². The predicted molar refractivity (Wildman–Crippen MR) is 73.4 cm³/mol. The number of morpholine rings is 1. The van der Waals surface area contributed by atoms with Crippen LogP contribution < -0.4 is 10.2 Å². The highest BCUT2D eigenvalue weighted by molar-refractivity contribution is 5.66. The van der Waals surface area contributed by atoms with Gasteiger partial charge in [0.05, 0.1) is 19.6 Å². The lowest BCUT2D eigenvalue weighted by Gasteiger charge is -2.28. The van der Waals surface area contributed by atoms with Crippen LogP contribution in [0.4, 0.5) is 5.69 Å². The molecule has 0 bridgehead atoms. The first-order chi connectivity index (χ1) is 9.25. The van der Waals surface area contributed by atoms with E-state index in [1.165, 1.54) is 11.3 Å². The highest BCUT2D eigenvalue weighted by atomic mass is 16.5. The fourth-order valence-corrected chi connectivity index (χ4v) is 2.07. The Hall–Kier alpha value is -1.59. The van der Waals surface area contributed by atoms with Gasteiger partial charge in [-0.1, -0.05) is 12.1 Å². The van der Waals surface area contributed by atoms with E-state index in [4.69, 9.17) is 9.84 Å². The number of anilines is 1. The van der Waals surface area contributed by atoms with Gasteiger partial charge in [0.15, 0.2) is 0 Å². The van der Waals surface area contributed by atoms with Crippen LogP contribution in [0.3, 0.4) is 0 Å². The Morgan fingerprint density at radius 1 is 1.26 bits per heavy atom. The number of carbonyl (C=O) groups is 1. The van der Waals surface area contributed by atoms with Crippen LogP contribution in [0.1, 0.15) is 12.0 Å². The minimum absolute atomic E-state index is 0.159. The number of carboxylic acids is 1. The molecule has 0 amide bonds. The molecule has 1 aliphatic heterocycles. The van der Waals surface area contributed by atoms with Gasteiger partial charge in [-0.05, 0) is 17.7 Å². The molecular weight excluding hydrogens is 244 g/mol. The molecule has 0 unspecified atom stereocenters. The molecule has 19 heavy (non-hydrogen) atoms. The molecule has 1 aromatic rings. The molecule has 0 radical (unpaired) electrons. The standard InChI is InChI=1S/C14H20N2O3/c17-14(18)5-6-15-11-12-1-3-13(4-2-12)16-7-9-19-10-8-16/h1-4,15H,5-11H2,(H,17,18). The Labute approximate surface area is 113 Å². The third-order valence-corrected chi connectivity index (χ3v) is 3.16. The summed E-state index contributed by atoms with van der Waals surface area (Å²) in [4.78, 5) is 12.7. The van der Waals surface area contributed by atoms with Crippen LogP contribution in [0.25, 0.3) is 0 Å². The lowest BCUT2D eigenvalue weighted by molar-refractivity contribution is -0.136. The Morgan fingerprint density at radius 2 is 1.95 bits per heavy atom. The molecule has 0 atom stereocenters. The average molecular weight is 264 g/mol. The second-order valence-corrected chi connectivity index (χ2v) is 4.59.